The zero-order valence-electron chi connectivity index (χ0n) is 10.2. The van der Waals surface area contributed by atoms with E-state index in [1.807, 2.05) is 0 Å². The summed E-state index contributed by atoms with van der Waals surface area (Å²) in [6.07, 6.45) is 0. The summed E-state index contributed by atoms with van der Waals surface area (Å²) < 4.78 is 30.9. The number of nitrogen functional groups attached to an aromatic ring is 1. The quantitative estimate of drug-likeness (QED) is 0.696. The van der Waals surface area contributed by atoms with Crippen LogP contribution in [0.5, 0.6) is 0 Å². The maximum atomic E-state index is 13.1. The van der Waals surface area contributed by atoms with Crippen LogP contribution in [0, 0.1) is 11.6 Å². The molecule has 0 heterocycles. The van der Waals surface area contributed by atoms with Gasteiger partial charge in [-0.3, -0.25) is 0 Å². The Morgan fingerprint density at radius 2 is 1.90 bits per heavy atom. The first-order chi connectivity index (χ1) is 9.45. The van der Waals surface area contributed by atoms with Gasteiger partial charge in [-0.2, -0.15) is 0 Å². The summed E-state index contributed by atoms with van der Waals surface area (Å²) in [6, 6.07) is 7.14. The molecule has 0 aliphatic rings. The van der Waals surface area contributed by atoms with E-state index in [1.54, 1.807) is 0 Å². The van der Waals surface area contributed by atoms with Gasteiger partial charge in [0.05, 0.1) is 10.6 Å². The second-order valence-corrected chi connectivity index (χ2v) is 4.49. The van der Waals surface area contributed by atoms with Gasteiger partial charge in [-0.1, -0.05) is 17.7 Å². The van der Waals surface area contributed by atoms with Gasteiger partial charge in [0.25, 0.3) is 0 Å². The lowest BCUT2D eigenvalue weighted by atomic mass is 10.2. The van der Waals surface area contributed by atoms with Crippen molar-refractivity contribution in [3.05, 3.63) is 64.2 Å². The number of benzene rings is 2. The van der Waals surface area contributed by atoms with Gasteiger partial charge in [0, 0.05) is 11.3 Å². The highest BCUT2D eigenvalue weighted by molar-refractivity contribution is 6.31. The van der Waals surface area contributed by atoms with Crippen LogP contribution in [0.2, 0.25) is 5.02 Å². The SMILES string of the molecule is Nc1cc(F)cc(C(=O)OCc2ccc(F)cc2Cl)c1. The summed E-state index contributed by atoms with van der Waals surface area (Å²) in [5.74, 6) is -1.85. The number of rotatable bonds is 3. The second-order valence-electron chi connectivity index (χ2n) is 4.09. The maximum Gasteiger partial charge on any atom is 0.338 e. The average molecular weight is 298 g/mol. The zero-order chi connectivity index (χ0) is 14.7. The number of ether oxygens (including phenoxy) is 1. The van der Waals surface area contributed by atoms with E-state index in [0.29, 0.717) is 5.56 Å². The van der Waals surface area contributed by atoms with Crippen LogP contribution >= 0.6 is 11.6 Å². The Morgan fingerprint density at radius 1 is 1.15 bits per heavy atom. The number of carbonyl (C=O) groups excluding carboxylic acids is 1. The van der Waals surface area contributed by atoms with Crippen molar-refractivity contribution < 1.29 is 18.3 Å². The highest BCUT2D eigenvalue weighted by Gasteiger charge is 2.11. The number of hydrogen-bond acceptors (Lipinski definition) is 3. The van der Waals surface area contributed by atoms with E-state index in [9.17, 15) is 13.6 Å². The van der Waals surface area contributed by atoms with Gasteiger partial charge in [-0.25, -0.2) is 13.6 Å². The third kappa shape index (κ3) is 3.45. The molecule has 0 aliphatic heterocycles. The molecule has 0 radical (unpaired) electrons. The van der Waals surface area contributed by atoms with Gasteiger partial charge in [-0.15, -0.1) is 0 Å². The Hall–Kier alpha value is -2.14. The smallest absolute Gasteiger partial charge is 0.338 e. The molecule has 0 aromatic heterocycles. The zero-order valence-corrected chi connectivity index (χ0v) is 11.0. The fourth-order valence-electron chi connectivity index (χ4n) is 1.60. The Labute approximate surface area is 118 Å². The molecule has 0 aliphatic carbocycles. The van der Waals surface area contributed by atoms with Crippen molar-refractivity contribution in [2.24, 2.45) is 0 Å². The first-order valence-electron chi connectivity index (χ1n) is 5.63. The molecule has 0 saturated heterocycles. The number of halogens is 3. The molecule has 0 unspecified atom stereocenters. The van der Waals surface area contributed by atoms with Gasteiger partial charge in [0.2, 0.25) is 0 Å². The molecule has 2 aromatic rings. The number of anilines is 1. The van der Waals surface area contributed by atoms with E-state index in [1.165, 1.54) is 18.2 Å². The van der Waals surface area contributed by atoms with Crippen molar-refractivity contribution in [1.82, 2.24) is 0 Å². The molecule has 2 rings (SSSR count). The van der Waals surface area contributed by atoms with Gasteiger partial charge < -0.3 is 10.5 Å². The van der Waals surface area contributed by atoms with E-state index >= 15 is 0 Å². The molecule has 0 spiro atoms. The average Bonchev–Trinajstić information content (AvgIpc) is 2.36. The van der Waals surface area contributed by atoms with Crippen LogP contribution in [-0.2, 0) is 11.3 Å². The summed E-state index contributed by atoms with van der Waals surface area (Å²) in [7, 11) is 0. The lowest BCUT2D eigenvalue weighted by Crippen LogP contribution is -2.07. The Morgan fingerprint density at radius 3 is 2.55 bits per heavy atom. The van der Waals surface area contributed by atoms with Gasteiger partial charge >= 0.3 is 5.97 Å². The van der Waals surface area contributed by atoms with E-state index < -0.39 is 17.6 Å². The van der Waals surface area contributed by atoms with Crippen molar-refractivity contribution in [1.29, 1.82) is 0 Å². The monoisotopic (exact) mass is 297 g/mol. The lowest BCUT2D eigenvalue weighted by Gasteiger charge is -2.07. The summed E-state index contributed by atoms with van der Waals surface area (Å²) in [6.45, 7) is -0.144. The van der Waals surface area contributed by atoms with Gasteiger partial charge in [0.1, 0.15) is 18.2 Å². The first-order valence-corrected chi connectivity index (χ1v) is 6.00. The van der Waals surface area contributed by atoms with Crippen LogP contribution in [0.1, 0.15) is 15.9 Å². The van der Waals surface area contributed by atoms with Crippen LogP contribution in [0.4, 0.5) is 14.5 Å². The molecule has 0 atom stereocenters. The maximum absolute atomic E-state index is 13.1. The molecule has 104 valence electrons. The van der Waals surface area contributed by atoms with E-state index in [-0.39, 0.29) is 22.9 Å². The third-order valence-electron chi connectivity index (χ3n) is 2.53. The Bertz CT molecular complexity index is 641. The molecule has 2 aromatic carbocycles. The molecule has 0 fully saturated rings. The van der Waals surface area contributed by atoms with Crippen molar-refractivity contribution in [3.63, 3.8) is 0 Å². The highest BCUT2D eigenvalue weighted by atomic mass is 35.5. The number of hydrogen-bond donors (Lipinski definition) is 1. The van der Waals surface area contributed by atoms with Crippen LogP contribution in [0.15, 0.2) is 36.4 Å². The van der Waals surface area contributed by atoms with Crippen LogP contribution in [-0.4, -0.2) is 5.97 Å². The van der Waals surface area contributed by atoms with Crippen molar-refractivity contribution in [3.8, 4) is 0 Å². The number of nitrogens with two attached hydrogens (primary N) is 1. The molecule has 0 amide bonds. The topological polar surface area (TPSA) is 52.3 Å². The van der Waals surface area contributed by atoms with E-state index in [4.69, 9.17) is 22.1 Å². The third-order valence-corrected chi connectivity index (χ3v) is 2.88. The number of carbonyl (C=O) groups is 1. The Kier molecular flexibility index (Phi) is 4.20. The molecular formula is C14H10ClF2NO2. The molecular weight excluding hydrogens is 288 g/mol. The minimum Gasteiger partial charge on any atom is -0.457 e. The minimum atomic E-state index is -0.739. The molecule has 3 nitrogen and oxygen atoms in total. The predicted molar refractivity (Wildman–Crippen MR) is 71.3 cm³/mol. The van der Waals surface area contributed by atoms with Crippen molar-refractivity contribution in [2.75, 3.05) is 5.73 Å². The first kappa shape index (κ1) is 14.3. The molecule has 0 saturated carbocycles. The van der Waals surface area contributed by atoms with Crippen molar-refractivity contribution in [2.45, 2.75) is 6.61 Å². The largest absolute Gasteiger partial charge is 0.457 e. The van der Waals surface area contributed by atoms with Gasteiger partial charge in [-0.05, 0) is 30.3 Å². The standard InChI is InChI=1S/C14H10ClF2NO2/c15-13-6-10(16)2-1-8(13)7-20-14(19)9-3-11(17)5-12(18)4-9/h1-6H,7,18H2. The molecule has 6 heteroatoms. The molecule has 0 bridgehead atoms. The Balaban J connectivity index is 2.08. The summed E-state index contributed by atoms with van der Waals surface area (Å²) >= 11 is 5.80. The normalized spacial score (nSPS) is 10.3. The minimum absolute atomic E-state index is 0.000680. The summed E-state index contributed by atoms with van der Waals surface area (Å²) in [5, 5.41) is 0.150. The van der Waals surface area contributed by atoms with Crippen LogP contribution in [0.3, 0.4) is 0 Å². The predicted octanol–water partition coefficient (Wildman–Crippen LogP) is 3.56. The van der Waals surface area contributed by atoms with Crippen LogP contribution < -0.4 is 5.73 Å². The van der Waals surface area contributed by atoms with Crippen molar-refractivity contribution >= 4 is 23.3 Å². The van der Waals surface area contributed by atoms with Crippen LogP contribution in [0.25, 0.3) is 0 Å². The summed E-state index contributed by atoms with van der Waals surface area (Å²) in [5.41, 5.74) is 6.01. The van der Waals surface area contributed by atoms with E-state index in [2.05, 4.69) is 0 Å². The fraction of sp³-hybridized carbons (Fsp3) is 0.0714. The van der Waals surface area contributed by atoms with E-state index in [0.717, 1.165) is 18.2 Å². The lowest BCUT2D eigenvalue weighted by molar-refractivity contribution is 0.0472. The summed E-state index contributed by atoms with van der Waals surface area (Å²) in [4.78, 5) is 11.7. The fourth-order valence-corrected chi connectivity index (χ4v) is 1.82. The molecule has 20 heavy (non-hydrogen) atoms. The second kappa shape index (κ2) is 5.88. The highest BCUT2D eigenvalue weighted by Crippen LogP contribution is 2.19. The van der Waals surface area contributed by atoms with Gasteiger partial charge in [0.15, 0.2) is 0 Å². The number of esters is 1. The molecule has 2 N–H and O–H groups in total.